The smallest absolute Gasteiger partial charge is 0.426 e. The molecule has 0 bridgehead atoms. The van der Waals surface area contributed by atoms with Crippen LogP contribution >= 0.6 is 0 Å². The number of carbonyl (C=O) groups is 1. The Labute approximate surface area is 94.4 Å². The first kappa shape index (κ1) is 11.8. The summed E-state index contributed by atoms with van der Waals surface area (Å²) < 4.78 is 0. The van der Waals surface area contributed by atoms with Crippen LogP contribution in [0.5, 0.6) is 0 Å². The van der Waals surface area contributed by atoms with Gasteiger partial charge in [-0.15, -0.1) is 0 Å². The molecule has 0 radical (unpaired) electrons. The van der Waals surface area contributed by atoms with Crippen molar-refractivity contribution in [3.8, 4) is 0 Å². The van der Waals surface area contributed by atoms with E-state index in [9.17, 15) is 9.90 Å². The fraction of sp³-hybridized carbons (Fsp3) is 0.889. The summed E-state index contributed by atoms with van der Waals surface area (Å²) >= 11 is 0. The van der Waals surface area contributed by atoms with Crippen molar-refractivity contribution < 1.29 is 19.9 Å². The normalized spacial score (nSPS) is 34.4. The van der Waals surface area contributed by atoms with Crippen LogP contribution in [0.4, 0.5) is 0 Å². The highest BCUT2D eigenvalue weighted by molar-refractivity contribution is 6.43. The fourth-order valence-corrected chi connectivity index (χ4v) is 2.48. The number of likely N-dealkylation sites (tertiary alicyclic amines) is 1. The Morgan fingerprint density at radius 3 is 2.75 bits per heavy atom. The molecule has 0 spiro atoms. The number of β-amino-alcohol motifs (C(OH)–C–C–N with tert-alkyl or cyclic N) is 1. The van der Waals surface area contributed by atoms with Crippen LogP contribution in [0.25, 0.3) is 0 Å². The maximum atomic E-state index is 12.0. The first-order chi connectivity index (χ1) is 7.59. The van der Waals surface area contributed by atoms with E-state index in [-0.39, 0.29) is 11.9 Å². The summed E-state index contributed by atoms with van der Waals surface area (Å²) in [5.41, 5.74) is 0. The lowest BCUT2D eigenvalue weighted by atomic mass is 9.77. The summed E-state index contributed by atoms with van der Waals surface area (Å²) in [6.07, 6.45) is 1.35. The Morgan fingerprint density at radius 1 is 1.44 bits per heavy atom. The standard InChI is InChI=1S/C9H17BN2O4/c13-6-4-7(11-5-6)9(14)12-3-1-2-8(12)10(15)16/h6-8,11,13,15-16H,1-5H2/t6-,7+,8+/m1/s1. The number of nitrogens with one attached hydrogen (secondary N) is 1. The zero-order chi connectivity index (χ0) is 11.7. The maximum absolute atomic E-state index is 12.0. The lowest BCUT2D eigenvalue weighted by molar-refractivity contribution is -0.133. The molecule has 2 aliphatic heterocycles. The molecule has 1 amide bonds. The zero-order valence-corrected chi connectivity index (χ0v) is 9.04. The lowest BCUT2D eigenvalue weighted by Gasteiger charge is -2.26. The van der Waals surface area contributed by atoms with Crippen LogP contribution in [0.3, 0.4) is 0 Å². The van der Waals surface area contributed by atoms with Crippen molar-refractivity contribution in [1.82, 2.24) is 10.2 Å². The highest BCUT2D eigenvalue weighted by Crippen LogP contribution is 2.21. The predicted molar refractivity (Wildman–Crippen MR) is 57.3 cm³/mol. The number of carbonyl (C=O) groups excluding carboxylic acids is 1. The van der Waals surface area contributed by atoms with Gasteiger partial charge in [0.25, 0.3) is 0 Å². The van der Waals surface area contributed by atoms with E-state index in [1.54, 1.807) is 0 Å². The minimum atomic E-state index is -1.47. The van der Waals surface area contributed by atoms with Gasteiger partial charge in [-0.1, -0.05) is 0 Å². The van der Waals surface area contributed by atoms with Crippen LogP contribution in [0.1, 0.15) is 19.3 Å². The Hall–Kier alpha value is -0.625. The quantitative estimate of drug-likeness (QED) is 0.399. The maximum Gasteiger partial charge on any atom is 0.475 e. The van der Waals surface area contributed by atoms with Gasteiger partial charge in [0.05, 0.1) is 18.1 Å². The number of hydrogen-bond acceptors (Lipinski definition) is 5. The van der Waals surface area contributed by atoms with Crippen LogP contribution in [0.2, 0.25) is 0 Å². The minimum Gasteiger partial charge on any atom is -0.426 e. The van der Waals surface area contributed by atoms with Crippen molar-refractivity contribution in [2.24, 2.45) is 0 Å². The van der Waals surface area contributed by atoms with Gasteiger partial charge >= 0.3 is 7.12 Å². The largest absolute Gasteiger partial charge is 0.475 e. The third-order valence-electron chi connectivity index (χ3n) is 3.33. The van der Waals surface area contributed by atoms with Crippen molar-refractivity contribution >= 4 is 13.0 Å². The summed E-state index contributed by atoms with van der Waals surface area (Å²) in [5, 5.41) is 30.6. The second-order valence-corrected chi connectivity index (χ2v) is 4.51. The van der Waals surface area contributed by atoms with Crippen molar-refractivity contribution in [2.45, 2.75) is 37.3 Å². The average Bonchev–Trinajstić information content (AvgIpc) is 2.84. The minimum absolute atomic E-state index is 0.132. The highest BCUT2D eigenvalue weighted by Gasteiger charge is 2.40. The van der Waals surface area contributed by atoms with Crippen molar-refractivity contribution in [2.75, 3.05) is 13.1 Å². The number of rotatable bonds is 2. The molecule has 0 aromatic rings. The van der Waals surface area contributed by atoms with Gasteiger partial charge in [-0.2, -0.15) is 0 Å². The molecule has 2 saturated heterocycles. The first-order valence-corrected chi connectivity index (χ1v) is 5.67. The predicted octanol–water partition coefficient (Wildman–Crippen LogP) is -2.29. The molecule has 3 atom stereocenters. The Morgan fingerprint density at radius 2 is 2.19 bits per heavy atom. The molecule has 6 nitrogen and oxygen atoms in total. The van der Waals surface area contributed by atoms with Gasteiger partial charge in [-0.05, 0) is 19.3 Å². The summed E-state index contributed by atoms with van der Waals surface area (Å²) in [6.45, 7) is 0.992. The molecule has 0 saturated carbocycles. The van der Waals surface area contributed by atoms with E-state index in [4.69, 9.17) is 10.0 Å². The molecule has 16 heavy (non-hydrogen) atoms. The van der Waals surface area contributed by atoms with E-state index >= 15 is 0 Å². The van der Waals surface area contributed by atoms with E-state index in [0.717, 1.165) is 6.42 Å². The fourth-order valence-electron chi connectivity index (χ4n) is 2.48. The van der Waals surface area contributed by atoms with Gasteiger partial charge in [0.2, 0.25) is 5.91 Å². The Bertz CT molecular complexity index is 276. The number of aliphatic hydroxyl groups excluding tert-OH is 1. The van der Waals surface area contributed by atoms with Crippen molar-refractivity contribution in [1.29, 1.82) is 0 Å². The zero-order valence-electron chi connectivity index (χ0n) is 9.04. The third-order valence-corrected chi connectivity index (χ3v) is 3.33. The lowest BCUT2D eigenvalue weighted by Crippen LogP contribution is -2.51. The Balaban J connectivity index is 1.98. The highest BCUT2D eigenvalue weighted by atomic mass is 16.4. The number of aliphatic hydroxyl groups is 1. The molecule has 0 aromatic heterocycles. The van der Waals surface area contributed by atoms with Gasteiger partial charge in [-0.3, -0.25) is 4.79 Å². The molecular formula is C9H17BN2O4. The molecular weight excluding hydrogens is 211 g/mol. The number of amides is 1. The van der Waals surface area contributed by atoms with Crippen LogP contribution in [-0.4, -0.2) is 64.3 Å². The number of nitrogens with zero attached hydrogens (tertiary/aromatic N) is 1. The van der Waals surface area contributed by atoms with Gasteiger partial charge in [0.1, 0.15) is 0 Å². The van der Waals surface area contributed by atoms with E-state index < -0.39 is 19.2 Å². The van der Waals surface area contributed by atoms with E-state index in [1.165, 1.54) is 4.90 Å². The van der Waals surface area contributed by atoms with Crippen molar-refractivity contribution in [3.05, 3.63) is 0 Å². The van der Waals surface area contributed by atoms with Gasteiger partial charge < -0.3 is 25.4 Å². The average molecular weight is 228 g/mol. The second-order valence-electron chi connectivity index (χ2n) is 4.51. The van der Waals surface area contributed by atoms with Crippen LogP contribution in [-0.2, 0) is 4.79 Å². The Kier molecular flexibility index (Phi) is 3.49. The third kappa shape index (κ3) is 2.22. The van der Waals surface area contributed by atoms with E-state index in [1.807, 2.05) is 0 Å². The molecule has 7 heteroatoms. The summed E-state index contributed by atoms with van der Waals surface area (Å²) in [7, 11) is -1.47. The second kappa shape index (κ2) is 4.71. The van der Waals surface area contributed by atoms with Gasteiger partial charge in [-0.25, -0.2) is 0 Å². The molecule has 0 aromatic carbocycles. The summed E-state index contributed by atoms with van der Waals surface area (Å²) in [6, 6.07) is -0.380. The molecule has 2 aliphatic rings. The molecule has 0 aliphatic carbocycles. The number of hydrogen-bond donors (Lipinski definition) is 4. The first-order valence-electron chi connectivity index (χ1n) is 5.67. The van der Waals surface area contributed by atoms with Crippen LogP contribution in [0.15, 0.2) is 0 Å². The molecule has 2 fully saturated rings. The summed E-state index contributed by atoms with van der Waals surface area (Å²) in [5.74, 6) is -0.626. The molecule has 0 unspecified atom stereocenters. The van der Waals surface area contributed by atoms with Crippen LogP contribution < -0.4 is 5.32 Å². The van der Waals surface area contributed by atoms with Crippen molar-refractivity contribution in [3.63, 3.8) is 0 Å². The molecule has 2 heterocycles. The molecule has 4 N–H and O–H groups in total. The van der Waals surface area contributed by atoms with E-state index in [0.29, 0.717) is 25.9 Å². The van der Waals surface area contributed by atoms with Gasteiger partial charge in [0.15, 0.2) is 0 Å². The molecule has 90 valence electrons. The monoisotopic (exact) mass is 228 g/mol. The SMILES string of the molecule is O=C([C@@H]1C[C@@H](O)CN1)N1CCC[C@H]1B(O)O. The van der Waals surface area contributed by atoms with E-state index in [2.05, 4.69) is 5.32 Å². The summed E-state index contributed by atoms with van der Waals surface area (Å²) in [4.78, 5) is 13.6. The topological polar surface area (TPSA) is 93.0 Å². The molecule has 2 rings (SSSR count). The van der Waals surface area contributed by atoms with Crippen LogP contribution in [0, 0.1) is 0 Å². The van der Waals surface area contributed by atoms with Gasteiger partial charge in [0, 0.05) is 13.1 Å².